The first-order valence-electron chi connectivity index (χ1n) is 8.67. The molecule has 0 fully saturated rings. The fourth-order valence-corrected chi connectivity index (χ4v) is 4.19. The molecular weight excluding hydrogens is 456 g/mol. The van der Waals surface area contributed by atoms with Gasteiger partial charge in [0.05, 0.1) is 16.1 Å². The van der Waals surface area contributed by atoms with Gasteiger partial charge in [-0.1, -0.05) is 46.3 Å². The predicted molar refractivity (Wildman–Crippen MR) is 117 cm³/mol. The summed E-state index contributed by atoms with van der Waals surface area (Å²) in [5.41, 5.74) is 1.72. The minimum atomic E-state index is -3.83. The van der Waals surface area contributed by atoms with E-state index in [0.29, 0.717) is 12.2 Å². The van der Waals surface area contributed by atoms with Crippen molar-refractivity contribution in [3.05, 3.63) is 88.4 Å². The van der Waals surface area contributed by atoms with Crippen LogP contribution in [0.5, 0.6) is 0 Å². The van der Waals surface area contributed by atoms with Crippen LogP contribution in [-0.2, 0) is 16.6 Å². The van der Waals surface area contributed by atoms with Gasteiger partial charge in [0.15, 0.2) is 0 Å². The Bertz CT molecular complexity index is 1120. The van der Waals surface area contributed by atoms with Gasteiger partial charge in [0.2, 0.25) is 0 Å². The number of hydrogen-bond donors (Lipinski definition) is 2. The highest BCUT2D eigenvalue weighted by atomic mass is 79.9. The van der Waals surface area contributed by atoms with E-state index in [4.69, 9.17) is 0 Å². The van der Waals surface area contributed by atoms with E-state index in [2.05, 4.69) is 20.7 Å². The lowest BCUT2D eigenvalue weighted by Gasteiger charge is -2.22. The number of carboxylic acid groups (broad SMARTS) is 1. The first-order chi connectivity index (χ1) is 13.8. The summed E-state index contributed by atoms with van der Waals surface area (Å²) in [5.74, 6) is -1.13. The molecule has 0 heterocycles. The molecule has 29 heavy (non-hydrogen) atoms. The lowest BCUT2D eigenvalue weighted by molar-refractivity contribution is 0.0697. The summed E-state index contributed by atoms with van der Waals surface area (Å²) in [6.07, 6.45) is 0. The second-order valence-corrected chi connectivity index (χ2v) is 9.04. The molecule has 0 amide bonds. The van der Waals surface area contributed by atoms with Gasteiger partial charge < -0.3 is 10.0 Å². The third-order valence-corrected chi connectivity index (χ3v) is 6.20. The summed E-state index contributed by atoms with van der Waals surface area (Å²) in [4.78, 5) is 13.7. The summed E-state index contributed by atoms with van der Waals surface area (Å²) < 4.78 is 28.3. The van der Waals surface area contributed by atoms with Crippen molar-refractivity contribution in [1.29, 1.82) is 0 Å². The molecular formula is C21H19BrN2O4S. The fraction of sp³-hybridized carbons (Fsp3) is 0.0952. The standard InChI is InChI=1S/C21H19BrN2O4S/c1-24(14-15-5-3-2-4-6-15)20-12-9-17(13-19(20)21(25)26)23-29(27,28)18-10-7-16(22)8-11-18/h2-13,23H,14H2,1H3,(H,25,26). The van der Waals surface area contributed by atoms with E-state index in [1.165, 1.54) is 18.2 Å². The number of sulfonamides is 1. The highest BCUT2D eigenvalue weighted by Gasteiger charge is 2.18. The quantitative estimate of drug-likeness (QED) is 0.522. The van der Waals surface area contributed by atoms with Gasteiger partial charge in [0.25, 0.3) is 10.0 Å². The molecule has 0 atom stereocenters. The Kier molecular flexibility index (Phi) is 6.24. The van der Waals surface area contributed by atoms with Crippen LogP contribution in [0, 0.1) is 0 Å². The van der Waals surface area contributed by atoms with Gasteiger partial charge in [-0.3, -0.25) is 4.72 Å². The van der Waals surface area contributed by atoms with Crippen molar-refractivity contribution in [3.63, 3.8) is 0 Å². The molecule has 0 aliphatic rings. The zero-order valence-electron chi connectivity index (χ0n) is 15.5. The Labute approximate surface area is 178 Å². The average molecular weight is 475 g/mol. The molecule has 0 aliphatic heterocycles. The van der Waals surface area contributed by atoms with Crippen LogP contribution in [0.2, 0.25) is 0 Å². The molecule has 0 saturated heterocycles. The van der Waals surface area contributed by atoms with E-state index < -0.39 is 16.0 Å². The number of anilines is 2. The van der Waals surface area contributed by atoms with Crippen LogP contribution < -0.4 is 9.62 Å². The number of halogens is 1. The third kappa shape index (κ3) is 5.16. The van der Waals surface area contributed by atoms with Crippen molar-refractivity contribution in [1.82, 2.24) is 0 Å². The number of nitrogens with zero attached hydrogens (tertiary/aromatic N) is 1. The van der Waals surface area contributed by atoms with Gasteiger partial charge >= 0.3 is 5.97 Å². The summed E-state index contributed by atoms with van der Waals surface area (Å²) in [7, 11) is -2.04. The number of benzene rings is 3. The molecule has 0 spiro atoms. The van der Waals surface area contributed by atoms with Crippen LogP contribution in [0.25, 0.3) is 0 Å². The Morgan fingerprint density at radius 1 is 1.03 bits per heavy atom. The Morgan fingerprint density at radius 3 is 2.31 bits per heavy atom. The van der Waals surface area contributed by atoms with Crippen LogP contribution in [0.1, 0.15) is 15.9 Å². The Hall–Kier alpha value is -2.84. The van der Waals surface area contributed by atoms with E-state index in [-0.39, 0.29) is 16.1 Å². The minimum absolute atomic E-state index is 0.0134. The van der Waals surface area contributed by atoms with Crippen molar-refractivity contribution in [2.75, 3.05) is 16.7 Å². The number of nitrogens with one attached hydrogen (secondary N) is 1. The van der Waals surface area contributed by atoms with Gasteiger partial charge in [-0.25, -0.2) is 13.2 Å². The largest absolute Gasteiger partial charge is 0.478 e. The number of carbonyl (C=O) groups is 1. The van der Waals surface area contributed by atoms with Gasteiger partial charge in [-0.05, 0) is 48.0 Å². The topological polar surface area (TPSA) is 86.7 Å². The van der Waals surface area contributed by atoms with Crippen LogP contribution in [0.4, 0.5) is 11.4 Å². The molecule has 6 nitrogen and oxygen atoms in total. The SMILES string of the molecule is CN(Cc1ccccc1)c1ccc(NS(=O)(=O)c2ccc(Br)cc2)cc1C(=O)O. The van der Waals surface area contributed by atoms with Crippen LogP contribution in [0.3, 0.4) is 0 Å². The van der Waals surface area contributed by atoms with Crippen LogP contribution in [-0.4, -0.2) is 26.5 Å². The first-order valence-corrected chi connectivity index (χ1v) is 10.9. The fourth-order valence-electron chi connectivity index (χ4n) is 2.87. The third-order valence-electron chi connectivity index (χ3n) is 4.28. The number of carboxylic acids is 1. The maximum atomic E-state index is 12.6. The second-order valence-electron chi connectivity index (χ2n) is 6.44. The molecule has 0 saturated carbocycles. The normalized spacial score (nSPS) is 11.1. The molecule has 3 rings (SSSR count). The number of aromatic carboxylic acids is 1. The van der Waals surface area contributed by atoms with E-state index in [1.54, 1.807) is 31.3 Å². The molecule has 0 bridgehead atoms. The predicted octanol–water partition coefficient (Wildman–Crippen LogP) is 4.58. The second kappa shape index (κ2) is 8.67. The van der Waals surface area contributed by atoms with Crippen molar-refractivity contribution in [2.45, 2.75) is 11.4 Å². The molecule has 2 N–H and O–H groups in total. The highest BCUT2D eigenvalue weighted by Crippen LogP contribution is 2.27. The summed E-state index contributed by atoms with van der Waals surface area (Å²) >= 11 is 3.26. The van der Waals surface area contributed by atoms with Gasteiger partial charge in [0, 0.05) is 23.8 Å². The van der Waals surface area contributed by atoms with Crippen LogP contribution in [0.15, 0.2) is 82.2 Å². The highest BCUT2D eigenvalue weighted by molar-refractivity contribution is 9.10. The monoisotopic (exact) mass is 474 g/mol. The Morgan fingerprint density at radius 2 is 1.69 bits per heavy atom. The zero-order chi connectivity index (χ0) is 21.0. The van der Waals surface area contributed by atoms with Crippen molar-refractivity contribution < 1.29 is 18.3 Å². The molecule has 0 aromatic heterocycles. The molecule has 0 radical (unpaired) electrons. The minimum Gasteiger partial charge on any atom is -0.478 e. The summed E-state index contributed by atoms with van der Waals surface area (Å²) in [5, 5.41) is 9.64. The van der Waals surface area contributed by atoms with E-state index in [0.717, 1.165) is 10.0 Å². The van der Waals surface area contributed by atoms with Crippen molar-refractivity contribution in [3.8, 4) is 0 Å². The van der Waals surface area contributed by atoms with Crippen molar-refractivity contribution >= 4 is 43.3 Å². The lowest BCUT2D eigenvalue weighted by atomic mass is 10.1. The maximum absolute atomic E-state index is 12.6. The van der Waals surface area contributed by atoms with Gasteiger partial charge in [0.1, 0.15) is 0 Å². The summed E-state index contributed by atoms with van der Waals surface area (Å²) in [6.45, 7) is 0.519. The molecule has 3 aromatic rings. The van der Waals surface area contributed by atoms with Crippen LogP contribution >= 0.6 is 15.9 Å². The zero-order valence-corrected chi connectivity index (χ0v) is 17.9. The lowest BCUT2D eigenvalue weighted by Crippen LogP contribution is -2.20. The maximum Gasteiger partial charge on any atom is 0.337 e. The molecule has 150 valence electrons. The molecule has 8 heteroatoms. The van der Waals surface area contributed by atoms with E-state index in [1.807, 2.05) is 35.2 Å². The molecule has 3 aromatic carbocycles. The first kappa shape index (κ1) is 20.9. The van der Waals surface area contributed by atoms with Gasteiger partial charge in [-0.2, -0.15) is 0 Å². The number of rotatable bonds is 7. The van der Waals surface area contributed by atoms with Gasteiger partial charge in [-0.15, -0.1) is 0 Å². The smallest absolute Gasteiger partial charge is 0.337 e. The van der Waals surface area contributed by atoms with Crippen molar-refractivity contribution in [2.24, 2.45) is 0 Å². The number of hydrogen-bond acceptors (Lipinski definition) is 4. The Balaban J connectivity index is 1.87. The summed E-state index contributed by atoms with van der Waals surface area (Å²) in [6, 6.07) is 20.3. The molecule has 0 unspecified atom stereocenters. The molecule has 0 aliphatic carbocycles. The average Bonchev–Trinajstić information content (AvgIpc) is 2.68. The van der Waals surface area contributed by atoms with E-state index >= 15 is 0 Å². The van der Waals surface area contributed by atoms with E-state index in [9.17, 15) is 18.3 Å².